The lowest BCUT2D eigenvalue weighted by Crippen LogP contribution is -2.33. The molecule has 1 saturated heterocycles. The monoisotopic (exact) mass is 229 g/mol. The molecule has 1 fully saturated rings. The van der Waals surface area contributed by atoms with Gasteiger partial charge in [0.15, 0.2) is 0 Å². The van der Waals surface area contributed by atoms with Gasteiger partial charge in [0.25, 0.3) is 0 Å². The summed E-state index contributed by atoms with van der Waals surface area (Å²) >= 11 is 0. The Morgan fingerprint density at radius 1 is 1.50 bits per heavy atom. The van der Waals surface area contributed by atoms with Crippen LogP contribution in [-0.4, -0.2) is 38.4 Å². The quantitative estimate of drug-likeness (QED) is 0.698. The van der Waals surface area contributed by atoms with Crippen molar-refractivity contribution in [1.82, 2.24) is 5.32 Å². The van der Waals surface area contributed by atoms with Crippen molar-refractivity contribution in [3.05, 3.63) is 0 Å². The van der Waals surface area contributed by atoms with Gasteiger partial charge in [-0.1, -0.05) is 6.92 Å². The lowest BCUT2D eigenvalue weighted by molar-refractivity contribution is -0.145. The van der Waals surface area contributed by atoms with E-state index in [1.165, 1.54) is 0 Å². The van der Waals surface area contributed by atoms with E-state index in [0.29, 0.717) is 25.1 Å². The van der Waals surface area contributed by atoms with E-state index >= 15 is 0 Å². The fourth-order valence-electron chi connectivity index (χ4n) is 1.58. The number of rotatable bonds is 6. The van der Waals surface area contributed by atoms with Crippen molar-refractivity contribution in [2.75, 3.05) is 26.4 Å². The Morgan fingerprint density at radius 2 is 2.19 bits per heavy atom. The standard InChI is InChI=1S/C12H23NO3/c1-3-10(2)13-8-12(14)16-9-11-4-6-15-7-5-11/h10-11,13H,3-9H2,1-2H3. The van der Waals surface area contributed by atoms with Gasteiger partial charge in [-0.05, 0) is 32.1 Å². The van der Waals surface area contributed by atoms with Crippen molar-refractivity contribution in [2.24, 2.45) is 5.92 Å². The van der Waals surface area contributed by atoms with Crippen LogP contribution in [0, 0.1) is 5.92 Å². The maximum absolute atomic E-state index is 11.4. The molecule has 0 bridgehead atoms. The molecule has 4 nitrogen and oxygen atoms in total. The Morgan fingerprint density at radius 3 is 2.81 bits per heavy atom. The Bertz CT molecular complexity index is 202. The minimum atomic E-state index is -0.146. The van der Waals surface area contributed by atoms with Crippen LogP contribution in [0.15, 0.2) is 0 Å². The number of ether oxygens (including phenoxy) is 2. The Balaban J connectivity index is 2.05. The van der Waals surface area contributed by atoms with Crippen LogP contribution in [0.5, 0.6) is 0 Å². The zero-order valence-corrected chi connectivity index (χ0v) is 10.3. The third kappa shape index (κ3) is 5.47. The second kappa shape index (κ2) is 7.63. The number of nitrogens with one attached hydrogen (secondary N) is 1. The van der Waals surface area contributed by atoms with E-state index in [1.807, 2.05) is 0 Å². The smallest absolute Gasteiger partial charge is 0.319 e. The molecule has 0 radical (unpaired) electrons. The van der Waals surface area contributed by atoms with Crippen molar-refractivity contribution in [3.8, 4) is 0 Å². The van der Waals surface area contributed by atoms with Crippen molar-refractivity contribution in [1.29, 1.82) is 0 Å². The highest BCUT2D eigenvalue weighted by atomic mass is 16.5. The summed E-state index contributed by atoms with van der Waals surface area (Å²) in [5.41, 5.74) is 0. The SMILES string of the molecule is CCC(C)NCC(=O)OCC1CCOCC1. The highest BCUT2D eigenvalue weighted by Crippen LogP contribution is 2.14. The lowest BCUT2D eigenvalue weighted by Gasteiger charge is -2.21. The third-order valence-electron chi connectivity index (χ3n) is 3.03. The third-order valence-corrected chi connectivity index (χ3v) is 3.03. The Labute approximate surface area is 97.7 Å². The van der Waals surface area contributed by atoms with Gasteiger partial charge >= 0.3 is 5.97 Å². The summed E-state index contributed by atoms with van der Waals surface area (Å²) in [5, 5.41) is 3.12. The summed E-state index contributed by atoms with van der Waals surface area (Å²) in [6.07, 6.45) is 3.03. The van der Waals surface area contributed by atoms with Crippen LogP contribution in [-0.2, 0) is 14.3 Å². The predicted molar refractivity (Wildman–Crippen MR) is 62.3 cm³/mol. The van der Waals surface area contributed by atoms with Crippen molar-refractivity contribution in [2.45, 2.75) is 39.2 Å². The summed E-state index contributed by atoms with van der Waals surface area (Å²) < 4.78 is 10.5. The molecule has 0 saturated carbocycles. The summed E-state index contributed by atoms with van der Waals surface area (Å²) in [4.78, 5) is 11.4. The lowest BCUT2D eigenvalue weighted by atomic mass is 10.0. The molecule has 1 N–H and O–H groups in total. The zero-order chi connectivity index (χ0) is 11.8. The number of hydrogen-bond acceptors (Lipinski definition) is 4. The van der Waals surface area contributed by atoms with Gasteiger partial charge in [0.05, 0.1) is 13.2 Å². The molecule has 94 valence electrons. The van der Waals surface area contributed by atoms with E-state index in [1.54, 1.807) is 0 Å². The number of carbonyl (C=O) groups is 1. The summed E-state index contributed by atoms with van der Waals surface area (Å²) in [5.74, 6) is 0.341. The van der Waals surface area contributed by atoms with Crippen LogP contribution >= 0.6 is 0 Å². The molecule has 1 unspecified atom stereocenters. The van der Waals surface area contributed by atoms with Crippen molar-refractivity contribution in [3.63, 3.8) is 0 Å². The molecule has 1 rings (SSSR count). The predicted octanol–water partition coefficient (Wildman–Crippen LogP) is 1.34. The van der Waals surface area contributed by atoms with Gasteiger partial charge in [-0.15, -0.1) is 0 Å². The molecule has 0 aromatic carbocycles. The average molecular weight is 229 g/mol. The molecule has 0 aromatic rings. The van der Waals surface area contributed by atoms with Gasteiger partial charge in [-0.2, -0.15) is 0 Å². The van der Waals surface area contributed by atoms with Crippen LogP contribution < -0.4 is 5.32 Å². The van der Waals surface area contributed by atoms with E-state index in [2.05, 4.69) is 19.2 Å². The van der Waals surface area contributed by atoms with E-state index in [4.69, 9.17) is 9.47 Å². The van der Waals surface area contributed by atoms with E-state index < -0.39 is 0 Å². The summed E-state index contributed by atoms with van der Waals surface area (Å²) in [6.45, 7) is 6.61. The van der Waals surface area contributed by atoms with Gasteiger partial charge in [0, 0.05) is 19.3 Å². The van der Waals surface area contributed by atoms with Gasteiger partial charge < -0.3 is 14.8 Å². The normalized spacial score (nSPS) is 19.4. The number of carbonyl (C=O) groups excluding carboxylic acids is 1. The number of hydrogen-bond donors (Lipinski definition) is 1. The van der Waals surface area contributed by atoms with E-state index in [0.717, 1.165) is 32.5 Å². The zero-order valence-electron chi connectivity index (χ0n) is 10.3. The fraction of sp³-hybridized carbons (Fsp3) is 0.917. The molecule has 4 heteroatoms. The second-order valence-electron chi connectivity index (χ2n) is 4.43. The van der Waals surface area contributed by atoms with Gasteiger partial charge in [-0.25, -0.2) is 0 Å². The highest BCUT2D eigenvalue weighted by molar-refractivity contribution is 5.71. The molecule has 0 spiro atoms. The van der Waals surface area contributed by atoms with Crippen LogP contribution in [0.3, 0.4) is 0 Å². The highest BCUT2D eigenvalue weighted by Gasteiger charge is 2.15. The molecule has 0 amide bonds. The molecule has 1 aliphatic rings. The summed E-state index contributed by atoms with van der Waals surface area (Å²) in [7, 11) is 0. The van der Waals surface area contributed by atoms with Crippen molar-refractivity contribution >= 4 is 5.97 Å². The first-order chi connectivity index (χ1) is 7.72. The Kier molecular flexibility index (Phi) is 6.42. The maximum atomic E-state index is 11.4. The van der Waals surface area contributed by atoms with Crippen LogP contribution in [0.4, 0.5) is 0 Å². The first kappa shape index (κ1) is 13.5. The first-order valence-electron chi connectivity index (χ1n) is 6.19. The van der Waals surface area contributed by atoms with Crippen LogP contribution in [0.1, 0.15) is 33.1 Å². The maximum Gasteiger partial charge on any atom is 0.319 e. The molecule has 0 aromatic heterocycles. The number of esters is 1. The van der Waals surface area contributed by atoms with E-state index in [9.17, 15) is 4.79 Å². The second-order valence-corrected chi connectivity index (χ2v) is 4.43. The Hall–Kier alpha value is -0.610. The molecule has 1 heterocycles. The van der Waals surface area contributed by atoms with Gasteiger partial charge in [0.2, 0.25) is 0 Å². The van der Waals surface area contributed by atoms with E-state index in [-0.39, 0.29) is 5.97 Å². The molecule has 16 heavy (non-hydrogen) atoms. The molecular formula is C12H23NO3. The summed E-state index contributed by atoms with van der Waals surface area (Å²) in [6, 6.07) is 0.371. The van der Waals surface area contributed by atoms with Crippen LogP contribution in [0.2, 0.25) is 0 Å². The van der Waals surface area contributed by atoms with Crippen molar-refractivity contribution < 1.29 is 14.3 Å². The van der Waals surface area contributed by atoms with Gasteiger partial charge in [-0.3, -0.25) is 4.79 Å². The minimum Gasteiger partial charge on any atom is -0.464 e. The average Bonchev–Trinajstić information content (AvgIpc) is 2.34. The topological polar surface area (TPSA) is 47.6 Å². The molecule has 1 aliphatic heterocycles. The first-order valence-corrected chi connectivity index (χ1v) is 6.19. The van der Waals surface area contributed by atoms with Crippen LogP contribution in [0.25, 0.3) is 0 Å². The molecule has 0 aliphatic carbocycles. The van der Waals surface area contributed by atoms with Gasteiger partial charge in [0.1, 0.15) is 0 Å². The minimum absolute atomic E-state index is 0.146. The largest absolute Gasteiger partial charge is 0.464 e. The molecular weight excluding hydrogens is 206 g/mol. The fourth-order valence-corrected chi connectivity index (χ4v) is 1.58. The molecule has 1 atom stereocenters.